The van der Waals surface area contributed by atoms with Crippen molar-refractivity contribution in [2.24, 2.45) is 0 Å². The molecule has 0 unspecified atom stereocenters. The third kappa shape index (κ3) is 3.63. The lowest BCUT2D eigenvalue weighted by molar-refractivity contribution is -0.385. The summed E-state index contributed by atoms with van der Waals surface area (Å²) in [5.41, 5.74) is 0.254. The molecule has 1 saturated heterocycles. The number of nitrogens with zero attached hydrogens (tertiary/aromatic N) is 2. The van der Waals surface area contributed by atoms with Gasteiger partial charge in [-0.05, 0) is 38.0 Å². The van der Waals surface area contributed by atoms with E-state index in [0.717, 1.165) is 25.7 Å². The highest BCUT2D eigenvalue weighted by atomic mass is 32.2. The summed E-state index contributed by atoms with van der Waals surface area (Å²) in [7, 11) is -3.73. The molecule has 0 atom stereocenters. The monoisotopic (exact) mass is 385 g/mol. The molecule has 25 heavy (non-hydrogen) atoms. The smallest absolute Gasteiger partial charge is 0.270 e. The van der Waals surface area contributed by atoms with Crippen LogP contribution >= 0.6 is 11.8 Å². The zero-order valence-electron chi connectivity index (χ0n) is 14.2. The van der Waals surface area contributed by atoms with E-state index in [1.807, 2.05) is 0 Å². The second-order valence-corrected chi connectivity index (χ2v) is 9.82. The SMILES string of the molecule is CSC1(CNc2ccc([N+](=O)[O-])cc2S(=O)(=O)N2CCCC2)CCC1. The molecule has 0 radical (unpaired) electrons. The number of nitrogens with one attached hydrogen (secondary N) is 1. The van der Waals surface area contributed by atoms with E-state index >= 15 is 0 Å². The van der Waals surface area contributed by atoms with Gasteiger partial charge >= 0.3 is 0 Å². The fourth-order valence-electron chi connectivity index (χ4n) is 3.33. The van der Waals surface area contributed by atoms with Gasteiger partial charge in [0.05, 0.1) is 10.6 Å². The van der Waals surface area contributed by atoms with Crippen molar-refractivity contribution in [1.82, 2.24) is 4.31 Å². The standard InChI is InChI=1S/C16H23N3O4S2/c1-24-16(7-4-8-16)12-17-14-6-5-13(19(20)21)11-15(14)25(22,23)18-9-2-3-10-18/h5-6,11,17H,2-4,7-10,12H2,1H3. The third-order valence-corrected chi connectivity index (χ3v) is 8.51. The molecule has 0 amide bonds. The van der Waals surface area contributed by atoms with Crippen molar-refractivity contribution in [1.29, 1.82) is 0 Å². The molecule has 1 aromatic rings. The summed E-state index contributed by atoms with van der Waals surface area (Å²) in [5.74, 6) is 0. The summed E-state index contributed by atoms with van der Waals surface area (Å²) in [5, 5.41) is 14.4. The van der Waals surface area contributed by atoms with Gasteiger partial charge in [0.1, 0.15) is 4.90 Å². The summed E-state index contributed by atoms with van der Waals surface area (Å²) < 4.78 is 27.5. The largest absolute Gasteiger partial charge is 0.383 e. The highest BCUT2D eigenvalue weighted by Gasteiger charge is 2.37. The fourth-order valence-corrected chi connectivity index (χ4v) is 5.95. The number of sulfonamides is 1. The molecule has 2 aliphatic rings. The Hall–Kier alpha value is -1.32. The second-order valence-electron chi connectivity index (χ2n) is 6.64. The first-order valence-corrected chi connectivity index (χ1v) is 11.1. The number of hydrogen-bond donors (Lipinski definition) is 1. The van der Waals surface area contributed by atoms with E-state index in [4.69, 9.17) is 0 Å². The van der Waals surface area contributed by atoms with Crippen LogP contribution in [0.1, 0.15) is 32.1 Å². The fraction of sp³-hybridized carbons (Fsp3) is 0.625. The molecule has 7 nitrogen and oxygen atoms in total. The number of hydrogen-bond acceptors (Lipinski definition) is 6. The average Bonchev–Trinajstić information content (AvgIpc) is 3.09. The zero-order valence-corrected chi connectivity index (χ0v) is 15.9. The lowest BCUT2D eigenvalue weighted by Crippen LogP contribution is -2.40. The van der Waals surface area contributed by atoms with Crippen LogP contribution in [0.25, 0.3) is 0 Å². The van der Waals surface area contributed by atoms with Crippen molar-refractivity contribution in [3.05, 3.63) is 28.3 Å². The number of nitro groups is 1. The molecule has 3 rings (SSSR count). The summed E-state index contributed by atoms with van der Waals surface area (Å²) in [6, 6.07) is 4.06. The minimum atomic E-state index is -3.73. The van der Waals surface area contributed by atoms with Gasteiger partial charge in [-0.1, -0.05) is 6.42 Å². The van der Waals surface area contributed by atoms with Gasteiger partial charge in [0.25, 0.3) is 5.69 Å². The van der Waals surface area contributed by atoms with Crippen LogP contribution in [0.15, 0.2) is 23.1 Å². The highest BCUT2D eigenvalue weighted by molar-refractivity contribution is 8.00. The Morgan fingerprint density at radius 1 is 1.28 bits per heavy atom. The molecular weight excluding hydrogens is 362 g/mol. The van der Waals surface area contributed by atoms with Crippen LogP contribution in [0.4, 0.5) is 11.4 Å². The number of benzene rings is 1. The number of anilines is 1. The van der Waals surface area contributed by atoms with Crippen molar-refractivity contribution in [3.8, 4) is 0 Å². The molecule has 0 bridgehead atoms. The third-order valence-electron chi connectivity index (χ3n) is 5.16. The lowest BCUT2D eigenvalue weighted by atomic mass is 9.84. The molecule has 1 aliphatic heterocycles. The molecule has 1 N–H and O–H groups in total. The Balaban J connectivity index is 1.92. The van der Waals surface area contributed by atoms with Gasteiger partial charge in [0, 0.05) is 36.5 Å². The first-order valence-electron chi connectivity index (χ1n) is 8.46. The molecule has 138 valence electrons. The van der Waals surface area contributed by atoms with Crippen molar-refractivity contribution < 1.29 is 13.3 Å². The molecule has 1 heterocycles. The van der Waals surface area contributed by atoms with Crippen molar-refractivity contribution in [2.45, 2.75) is 41.7 Å². The summed E-state index contributed by atoms with van der Waals surface area (Å²) in [6.07, 6.45) is 7.10. The van der Waals surface area contributed by atoms with Crippen LogP contribution in [0.3, 0.4) is 0 Å². The van der Waals surface area contributed by atoms with Crippen LogP contribution in [-0.4, -0.2) is 48.3 Å². The number of non-ortho nitro benzene ring substituents is 1. The molecule has 2 fully saturated rings. The van der Waals surface area contributed by atoms with Crippen LogP contribution in [0.2, 0.25) is 0 Å². The molecule has 1 aliphatic carbocycles. The van der Waals surface area contributed by atoms with Gasteiger partial charge in [-0.3, -0.25) is 10.1 Å². The summed E-state index contributed by atoms with van der Waals surface area (Å²) >= 11 is 1.79. The molecule has 9 heteroatoms. The van der Waals surface area contributed by atoms with Crippen LogP contribution < -0.4 is 5.32 Å². The van der Waals surface area contributed by atoms with Crippen LogP contribution in [0, 0.1) is 10.1 Å². The van der Waals surface area contributed by atoms with Gasteiger partial charge in [-0.15, -0.1) is 0 Å². The van der Waals surface area contributed by atoms with Gasteiger partial charge < -0.3 is 5.32 Å². The minimum Gasteiger partial charge on any atom is -0.383 e. The number of thioether (sulfide) groups is 1. The summed E-state index contributed by atoms with van der Waals surface area (Å²) in [6.45, 7) is 1.60. The van der Waals surface area contributed by atoms with Crippen molar-refractivity contribution in [2.75, 3.05) is 31.2 Å². The normalized spacial score (nSPS) is 20.2. The lowest BCUT2D eigenvalue weighted by Gasteiger charge is -2.40. The van der Waals surface area contributed by atoms with E-state index in [9.17, 15) is 18.5 Å². The molecule has 0 spiro atoms. The predicted molar refractivity (Wildman–Crippen MR) is 99.7 cm³/mol. The Morgan fingerprint density at radius 3 is 2.48 bits per heavy atom. The molecule has 1 aromatic carbocycles. The molecule has 0 aromatic heterocycles. The molecule has 1 saturated carbocycles. The van der Waals surface area contributed by atoms with Crippen molar-refractivity contribution >= 4 is 33.2 Å². The van der Waals surface area contributed by atoms with E-state index in [1.165, 1.54) is 28.9 Å². The molecular formula is C16H23N3O4S2. The van der Waals surface area contributed by atoms with Crippen LogP contribution in [0.5, 0.6) is 0 Å². The van der Waals surface area contributed by atoms with Crippen LogP contribution in [-0.2, 0) is 10.0 Å². The van der Waals surface area contributed by atoms with Gasteiger partial charge in [-0.2, -0.15) is 16.1 Å². The Morgan fingerprint density at radius 2 is 1.96 bits per heavy atom. The quantitative estimate of drug-likeness (QED) is 0.573. The van der Waals surface area contributed by atoms with E-state index in [1.54, 1.807) is 11.8 Å². The maximum atomic E-state index is 13.0. The minimum absolute atomic E-state index is 0.0131. The topological polar surface area (TPSA) is 92.5 Å². The number of nitro benzene ring substituents is 1. The van der Waals surface area contributed by atoms with Gasteiger partial charge in [-0.25, -0.2) is 8.42 Å². The maximum Gasteiger partial charge on any atom is 0.270 e. The first kappa shape index (κ1) is 18.5. The Kier molecular flexibility index (Phi) is 5.26. The summed E-state index contributed by atoms with van der Waals surface area (Å²) in [4.78, 5) is 10.6. The second kappa shape index (κ2) is 7.13. The van der Waals surface area contributed by atoms with E-state index in [2.05, 4.69) is 11.6 Å². The first-order chi connectivity index (χ1) is 11.9. The number of rotatable bonds is 7. The van der Waals surface area contributed by atoms with Gasteiger partial charge in [0.2, 0.25) is 10.0 Å². The predicted octanol–water partition coefficient (Wildman–Crippen LogP) is 3.08. The van der Waals surface area contributed by atoms with E-state index in [0.29, 0.717) is 25.3 Å². The zero-order chi connectivity index (χ0) is 18.1. The van der Waals surface area contributed by atoms with Gasteiger partial charge in [0.15, 0.2) is 0 Å². The Labute approximate surface area is 152 Å². The average molecular weight is 386 g/mol. The van der Waals surface area contributed by atoms with E-state index < -0.39 is 14.9 Å². The maximum absolute atomic E-state index is 13.0. The highest BCUT2D eigenvalue weighted by Crippen LogP contribution is 2.43. The van der Waals surface area contributed by atoms with E-state index in [-0.39, 0.29) is 15.3 Å². The van der Waals surface area contributed by atoms with Crippen molar-refractivity contribution in [3.63, 3.8) is 0 Å². The Bertz CT molecular complexity index is 751.